The number of halogens is 2. The van der Waals surface area contributed by atoms with Crippen LogP contribution in [0.3, 0.4) is 0 Å². The lowest BCUT2D eigenvalue weighted by Gasteiger charge is -2.15. The van der Waals surface area contributed by atoms with Crippen LogP contribution in [0.25, 0.3) is 6.08 Å². The highest BCUT2D eigenvalue weighted by Gasteiger charge is 2.35. The molecule has 0 aliphatic carbocycles. The van der Waals surface area contributed by atoms with E-state index in [1.807, 2.05) is 6.92 Å². The van der Waals surface area contributed by atoms with E-state index in [4.69, 9.17) is 19.3 Å². The third-order valence-corrected chi connectivity index (χ3v) is 7.11. The third-order valence-electron chi connectivity index (χ3n) is 5.52. The largest absolute Gasteiger partial charge is 0.492 e. The molecular formula is C28H23BrFNO7S. The lowest BCUT2D eigenvalue weighted by molar-refractivity contribution is -0.123. The van der Waals surface area contributed by atoms with Gasteiger partial charge in [0.05, 0.1) is 23.6 Å². The SMILES string of the molecule is CCOc1cc(/C=C2\SC(=O)N(CCOc3ccc(F)cc3)C2=O)c(Br)cc1OCc1ccc(C(=O)O)cc1. The Kier molecular flexibility index (Phi) is 9.26. The maximum Gasteiger partial charge on any atom is 0.335 e. The number of carboxylic acid groups (broad SMARTS) is 1. The van der Waals surface area contributed by atoms with Crippen LogP contribution in [0.2, 0.25) is 0 Å². The van der Waals surface area contributed by atoms with Gasteiger partial charge in [0.25, 0.3) is 11.1 Å². The highest BCUT2D eigenvalue weighted by atomic mass is 79.9. The first kappa shape index (κ1) is 28.2. The topological polar surface area (TPSA) is 102 Å². The Morgan fingerprint density at radius 2 is 1.72 bits per heavy atom. The smallest absolute Gasteiger partial charge is 0.335 e. The van der Waals surface area contributed by atoms with Crippen molar-refractivity contribution >= 4 is 50.9 Å². The fourth-order valence-electron chi connectivity index (χ4n) is 3.57. The van der Waals surface area contributed by atoms with Gasteiger partial charge < -0.3 is 19.3 Å². The summed E-state index contributed by atoms with van der Waals surface area (Å²) in [5.41, 5.74) is 1.58. The number of hydrogen-bond donors (Lipinski definition) is 1. The number of ether oxygens (including phenoxy) is 3. The van der Waals surface area contributed by atoms with Crippen LogP contribution in [0, 0.1) is 5.82 Å². The van der Waals surface area contributed by atoms with E-state index in [-0.39, 0.29) is 36.0 Å². The van der Waals surface area contributed by atoms with Crippen LogP contribution in [-0.2, 0) is 11.4 Å². The van der Waals surface area contributed by atoms with Gasteiger partial charge in [-0.2, -0.15) is 0 Å². The number of amides is 2. The Bertz CT molecular complexity index is 1410. The van der Waals surface area contributed by atoms with Gasteiger partial charge in [-0.15, -0.1) is 0 Å². The summed E-state index contributed by atoms with van der Waals surface area (Å²) in [7, 11) is 0. The summed E-state index contributed by atoms with van der Waals surface area (Å²) >= 11 is 4.33. The first-order chi connectivity index (χ1) is 18.7. The number of hydrogen-bond acceptors (Lipinski definition) is 7. The number of benzene rings is 3. The summed E-state index contributed by atoms with van der Waals surface area (Å²) in [5, 5.41) is 8.64. The second kappa shape index (κ2) is 12.8. The van der Waals surface area contributed by atoms with E-state index in [0.717, 1.165) is 22.2 Å². The van der Waals surface area contributed by atoms with E-state index >= 15 is 0 Å². The molecule has 1 heterocycles. The first-order valence-electron chi connectivity index (χ1n) is 11.8. The molecule has 2 amide bonds. The van der Waals surface area contributed by atoms with Gasteiger partial charge in [0.1, 0.15) is 24.8 Å². The Morgan fingerprint density at radius 3 is 2.38 bits per heavy atom. The second-order valence-corrected chi connectivity index (χ2v) is 10.0. The van der Waals surface area contributed by atoms with Crippen molar-refractivity contribution in [2.45, 2.75) is 13.5 Å². The number of imide groups is 1. The van der Waals surface area contributed by atoms with Crippen molar-refractivity contribution < 1.29 is 38.1 Å². The predicted octanol–water partition coefficient (Wildman–Crippen LogP) is 6.38. The maximum absolute atomic E-state index is 13.0. The van der Waals surface area contributed by atoms with Crippen molar-refractivity contribution in [1.82, 2.24) is 4.90 Å². The van der Waals surface area contributed by atoms with Gasteiger partial charge in [0, 0.05) is 4.47 Å². The molecule has 202 valence electrons. The fourth-order valence-corrected chi connectivity index (χ4v) is 4.86. The molecule has 39 heavy (non-hydrogen) atoms. The average Bonchev–Trinajstić information content (AvgIpc) is 3.18. The van der Waals surface area contributed by atoms with Crippen molar-refractivity contribution in [2.75, 3.05) is 19.8 Å². The molecule has 8 nitrogen and oxygen atoms in total. The minimum absolute atomic E-state index is 0.0466. The summed E-state index contributed by atoms with van der Waals surface area (Å²) in [4.78, 5) is 37.8. The molecule has 1 saturated heterocycles. The number of carbonyl (C=O) groups excluding carboxylic acids is 2. The van der Waals surface area contributed by atoms with Crippen molar-refractivity contribution in [3.8, 4) is 17.2 Å². The molecule has 0 atom stereocenters. The molecule has 1 aliphatic heterocycles. The van der Waals surface area contributed by atoms with Crippen LogP contribution >= 0.6 is 27.7 Å². The quantitative estimate of drug-likeness (QED) is 0.248. The molecule has 0 saturated carbocycles. The standard InChI is InChI=1S/C28H23BrFNO7S/c1-2-36-23-13-19(22(29)15-24(23)38-16-17-3-5-18(6-4-17)27(33)34)14-25-26(32)31(28(35)39-25)11-12-37-21-9-7-20(30)8-10-21/h3-10,13-15H,2,11-12,16H2,1H3,(H,33,34)/b25-14-. The van der Waals surface area contributed by atoms with Gasteiger partial charge in [-0.25, -0.2) is 9.18 Å². The predicted molar refractivity (Wildman–Crippen MR) is 148 cm³/mol. The third kappa shape index (κ3) is 7.18. The fraction of sp³-hybridized carbons (Fsp3) is 0.179. The molecule has 0 unspecified atom stereocenters. The number of carboxylic acids is 1. The number of rotatable bonds is 11. The molecule has 0 spiro atoms. The van der Waals surface area contributed by atoms with Crippen LogP contribution in [0.4, 0.5) is 9.18 Å². The number of aromatic carboxylic acids is 1. The molecule has 1 N–H and O–H groups in total. The Labute approximate surface area is 236 Å². The van der Waals surface area contributed by atoms with Crippen molar-refractivity contribution in [1.29, 1.82) is 0 Å². The van der Waals surface area contributed by atoms with Gasteiger partial charge >= 0.3 is 5.97 Å². The monoisotopic (exact) mass is 615 g/mol. The first-order valence-corrected chi connectivity index (χ1v) is 13.4. The molecule has 1 aliphatic rings. The van der Waals surface area contributed by atoms with Crippen LogP contribution in [-0.4, -0.2) is 46.9 Å². The average molecular weight is 616 g/mol. The molecule has 0 radical (unpaired) electrons. The van der Waals surface area contributed by atoms with Gasteiger partial charge in [-0.3, -0.25) is 14.5 Å². The minimum Gasteiger partial charge on any atom is -0.492 e. The van der Waals surface area contributed by atoms with Crippen LogP contribution in [0.15, 0.2) is 70.0 Å². The van der Waals surface area contributed by atoms with E-state index in [2.05, 4.69) is 15.9 Å². The summed E-state index contributed by atoms with van der Waals surface area (Å²) in [6.07, 6.45) is 1.60. The highest BCUT2D eigenvalue weighted by molar-refractivity contribution is 9.10. The Hall–Kier alpha value is -3.83. The summed E-state index contributed by atoms with van der Waals surface area (Å²) in [6, 6.07) is 15.3. The Morgan fingerprint density at radius 1 is 1.03 bits per heavy atom. The zero-order chi connectivity index (χ0) is 27.9. The number of nitrogens with zero attached hydrogens (tertiary/aromatic N) is 1. The summed E-state index contributed by atoms with van der Waals surface area (Å²) < 4.78 is 30.9. The maximum atomic E-state index is 13.0. The normalized spacial score (nSPS) is 14.1. The van der Waals surface area contributed by atoms with Crippen LogP contribution in [0.5, 0.6) is 17.2 Å². The molecule has 1 fully saturated rings. The van der Waals surface area contributed by atoms with Crippen LogP contribution < -0.4 is 14.2 Å². The second-order valence-electron chi connectivity index (χ2n) is 8.18. The van der Waals surface area contributed by atoms with Crippen molar-refractivity contribution in [3.05, 3.63) is 92.5 Å². The van der Waals surface area contributed by atoms with E-state index in [1.54, 1.807) is 30.3 Å². The molecule has 11 heteroatoms. The molecule has 3 aromatic carbocycles. The van der Waals surface area contributed by atoms with Gasteiger partial charge in [-0.1, -0.05) is 28.1 Å². The highest BCUT2D eigenvalue weighted by Crippen LogP contribution is 2.38. The molecule has 3 aromatic rings. The summed E-state index contributed by atoms with van der Waals surface area (Å²) in [5.74, 6) is -0.496. The van der Waals surface area contributed by atoms with Gasteiger partial charge in [0.15, 0.2) is 11.5 Å². The zero-order valence-corrected chi connectivity index (χ0v) is 23.1. The lowest BCUT2D eigenvalue weighted by atomic mass is 10.1. The molecule has 4 rings (SSSR count). The lowest BCUT2D eigenvalue weighted by Crippen LogP contribution is -2.32. The molecular weight excluding hydrogens is 593 g/mol. The minimum atomic E-state index is -1.00. The summed E-state index contributed by atoms with van der Waals surface area (Å²) in [6.45, 7) is 2.50. The zero-order valence-electron chi connectivity index (χ0n) is 20.7. The van der Waals surface area contributed by atoms with E-state index in [1.165, 1.54) is 36.4 Å². The molecule has 0 aromatic heterocycles. The van der Waals surface area contributed by atoms with Crippen molar-refractivity contribution in [2.24, 2.45) is 0 Å². The van der Waals surface area contributed by atoms with Gasteiger partial charge in [-0.05, 0) is 84.4 Å². The number of thioether (sulfide) groups is 1. The van der Waals surface area contributed by atoms with E-state index in [9.17, 15) is 18.8 Å². The molecule has 0 bridgehead atoms. The Balaban J connectivity index is 1.45. The van der Waals surface area contributed by atoms with Gasteiger partial charge in [0.2, 0.25) is 0 Å². The van der Waals surface area contributed by atoms with Crippen molar-refractivity contribution in [3.63, 3.8) is 0 Å². The number of carbonyl (C=O) groups is 3. The van der Waals surface area contributed by atoms with Crippen LogP contribution in [0.1, 0.15) is 28.4 Å². The van der Waals surface area contributed by atoms with E-state index in [0.29, 0.717) is 33.9 Å². The van der Waals surface area contributed by atoms with E-state index < -0.39 is 17.1 Å².